The van der Waals surface area contributed by atoms with Gasteiger partial charge in [0.25, 0.3) is 0 Å². The van der Waals surface area contributed by atoms with Crippen molar-refractivity contribution < 1.29 is 9.84 Å². The zero-order chi connectivity index (χ0) is 17.7. The number of aromatic hydroxyl groups is 1. The zero-order valence-electron chi connectivity index (χ0n) is 15.4. The molecular formula is C23H27NO2. The summed E-state index contributed by atoms with van der Waals surface area (Å²) in [7, 11) is 2.32. The Morgan fingerprint density at radius 2 is 1.85 bits per heavy atom. The number of rotatable bonds is 2. The first-order chi connectivity index (χ1) is 12.7. The van der Waals surface area contributed by atoms with E-state index in [4.69, 9.17) is 4.74 Å². The molecule has 1 N–H and O–H groups in total. The Morgan fingerprint density at radius 1 is 1.04 bits per heavy atom. The Morgan fingerprint density at radius 3 is 2.69 bits per heavy atom. The van der Waals surface area contributed by atoms with Crippen molar-refractivity contribution in [1.82, 2.24) is 4.90 Å². The van der Waals surface area contributed by atoms with E-state index in [0.717, 1.165) is 17.4 Å². The molecule has 3 nitrogen and oxygen atoms in total. The van der Waals surface area contributed by atoms with Crippen LogP contribution in [0.15, 0.2) is 42.5 Å². The second-order valence-electron chi connectivity index (χ2n) is 8.43. The fraction of sp³-hybridized carbons (Fsp3) is 0.478. The number of likely N-dealkylation sites (N-methyl/N-ethyl adjacent to an activating group) is 1. The molecule has 0 unspecified atom stereocenters. The summed E-state index contributed by atoms with van der Waals surface area (Å²) in [5, 5.41) is 9.47. The molecule has 0 aromatic heterocycles. The summed E-state index contributed by atoms with van der Waals surface area (Å²) >= 11 is 0. The highest BCUT2D eigenvalue weighted by molar-refractivity contribution is 5.47. The highest BCUT2D eigenvalue weighted by Crippen LogP contribution is 2.56. The van der Waals surface area contributed by atoms with Crippen molar-refractivity contribution in [3.8, 4) is 17.2 Å². The quantitative estimate of drug-likeness (QED) is 0.839. The van der Waals surface area contributed by atoms with Crippen LogP contribution in [0.25, 0.3) is 0 Å². The predicted molar refractivity (Wildman–Crippen MR) is 103 cm³/mol. The molecule has 1 saturated carbocycles. The first-order valence-corrected chi connectivity index (χ1v) is 9.96. The SMILES string of the molecule is CN1CC[C@]23CCCC[C@H]2[C@H]1Cc1ccc(Oc2ccc(O)cc2)cc13. The number of likely N-dealkylation sites (tertiary alicyclic amines) is 1. The number of phenolic OH excluding ortho intramolecular Hbond substituents is 1. The molecule has 1 aliphatic heterocycles. The third kappa shape index (κ3) is 2.44. The molecule has 0 amide bonds. The molecule has 2 fully saturated rings. The van der Waals surface area contributed by atoms with Crippen LogP contribution in [-0.4, -0.2) is 29.6 Å². The minimum Gasteiger partial charge on any atom is -0.508 e. The number of hydrogen-bond acceptors (Lipinski definition) is 3. The molecule has 2 aliphatic carbocycles. The van der Waals surface area contributed by atoms with Gasteiger partial charge in [-0.25, -0.2) is 0 Å². The van der Waals surface area contributed by atoms with Crippen molar-refractivity contribution in [2.45, 2.75) is 50.0 Å². The zero-order valence-corrected chi connectivity index (χ0v) is 15.4. The van der Waals surface area contributed by atoms with E-state index in [1.54, 1.807) is 17.7 Å². The van der Waals surface area contributed by atoms with Crippen LogP contribution in [0.2, 0.25) is 0 Å². The van der Waals surface area contributed by atoms with Gasteiger partial charge in [0.1, 0.15) is 17.2 Å². The number of hydrogen-bond donors (Lipinski definition) is 1. The van der Waals surface area contributed by atoms with Gasteiger partial charge in [-0.3, -0.25) is 0 Å². The second kappa shape index (κ2) is 6.02. The maximum Gasteiger partial charge on any atom is 0.127 e. The number of fused-ring (bicyclic) bond motifs is 1. The van der Waals surface area contributed by atoms with Crippen LogP contribution in [0.4, 0.5) is 0 Å². The number of ether oxygens (including phenoxy) is 1. The summed E-state index contributed by atoms with van der Waals surface area (Å²) in [6.07, 6.45) is 7.90. The van der Waals surface area contributed by atoms with E-state index >= 15 is 0 Å². The average Bonchev–Trinajstić information content (AvgIpc) is 2.67. The van der Waals surface area contributed by atoms with Crippen LogP contribution in [0, 0.1) is 5.92 Å². The lowest BCUT2D eigenvalue weighted by Gasteiger charge is -2.58. The van der Waals surface area contributed by atoms with Crippen molar-refractivity contribution in [1.29, 1.82) is 0 Å². The fourth-order valence-corrected chi connectivity index (χ4v) is 5.89. The summed E-state index contributed by atoms with van der Waals surface area (Å²) < 4.78 is 6.11. The van der Waals surface area contributed by atoms with Gasteiger partial charge in [0, 0.05) is 11.5 Å². The smallest absolute Gasteiger partial charge is 0.127 e. The van der Waals surface area contributed by atoms with Gasteiger partial charge >= 0.3 is 0 Å². The van der Waals surface area contributed by atoms with E-state index in [9.17, 15) is 5.11 Å². The molecule has 3 atom stereocenters. The van der Waals surface area contributed by atoms with E-state index in [1.807, 2.05) is 12.1 Å². The van der Waals surface area contributed by atoms with Gasteiger partial charge in [-0.15, -0.1) is 0 Å². The van der Waals surface area contributed by atoms with Crippen LogP contribution < -0.4 is 4.74 Å². The fourth-order valence-electron chi connectivity index (χ4n) is 5.89. The number of nitrogens with zero attached hydrogens (tertiary/aromatic N) is 1. The molecule has 3 heteroatoms. The molecule has 2 bridgehead atoms. The molecule has 1 heterocycles. The topological polar surface area (TPSA) is 32.7 Å². The first kappa shape index (κ1) is 16.2. The summed E-state index contributed by atoms with van der Waals surface area (Å²) in [6, 6.07) is 14.4. The van der Waals surface area contributed by atoms with E-state index in [0.29, 0.717) is 11.5 Å². The molecule has 3 aliphatic rings. The molecule has 1 saturated heterocycles. The molecule has 2 aromatic carbocycles. The predicted octanol–water partition coefficient (Wildman–Crippen LogP) is 4.87. The van der Waals surface area contributed by atoms with Crippen LogP contribution in [-0.2, 0) is 11.8 Å². The lowest BCUT2D eigenvalue weighted by Crippen LogP contribution is -2.59. The summed E-state index contributed by atoms with van der Waals surface area (Å²) in [5.41, 5.74) is 3.44. The van der Waals surface area contributed by atoms with Crippen molar-refractivity contribution in [2.75, 3.05) is 13.6 Å². The van der Waals surface area contributed by atoms with Crippen LogP contribution in [0.1, 0.15) is 43.2 Å². The van der Waals surface area contributed by atoms with E-state index < -0.39 is 0 Å². The Balaban J connectivity index is 1.54. The Hall–Kier alpha value is -2.00. The van der Waals surface area contributed by atoms with Crippen LogP contribution >= 0.6 is 0 Å². The second-order valence-corrected chi connectivity index (χ2v) is 8.43. The van der Waals surface area contributed by atoms with Crippen LogP contribution in [0.3, 0.4) is 0 Å². The lowest BCUT2D eigenvalue weighted by molar-refractivity contribution is 0.00276. The first-order valence-electron chi connectivity index (χ1n) is 9.96. The summed E-state index contributed by atoms with van der Waals surface area (Å²) in [4.78, 5) is 2.61. The summed E-state index contributed by atoms with van der Waals surface area (Å²) in [6.45, 7) is 1.21. The van der Waals surface area contributed by atoms with Gasteiger partial charge < -0.3 is 14.7 Å². The molecule has 26 heavy (non-hydrogen) atoms. The van der Waals surface area contributed by atoms with E-state index in [1.165, 1.54) is 50.6 Å². The molecule has 0 radical (unpaired) electrons. The van der Waals surface area contributed by atoms with E-state index in [2.05, 4.69) is 30.1 Å². The van der Waals surface area contributed by atoms with Crippen molar-refractivity contribution >= 4 is 0 Å². The van der Waals surface area contributed by atoms with Crippen molar-refractivity contribution in [3.05, 3.63) is 53.6 Å². The largest absolute Gasteiger partial charge is 0.508 e. The number of piperidine rings is 1. The van der Waals surface area contributed by atoms with Gasteiger partial charge in [0.2, 0.25) is 0 Å². The van der Waals surface area contributed by atoms with Crippen LogP contribution in [0.5, 0.6) is 17.2 Å². The molecule has 0 spiro atoms. The van der Waals surface area contributed by atoms with Crippen molar-refractivity contribution in [2.24, 2.45) is 5.92 Å². The number of phenols is 1. The maximum atomic E-state index is 9.47. The average molecular weight is 349 g/mol. The maximum absolute atomic E-state index is 9.47. The third-order valence-corrected chi connectivity index (χ3v) is 7.16. The third-order valence-electron chi connectivity index (χ3n) is 7.16. The van der Waals surface area contributed by atoms with Gasteiger partial charge in [0.05, 0.1) is 0 Å². The minimum absolute atomic E-state index is 0.268. The normalized spacial score (nSPS) is 30.3. The van der Waals surface area contributed by atoms with Gasteiger partial charge in [-0.05, 0) is 92.7 Å². The highest BCUT2D eigenvalue weighted by atomic mass is 16.5. The minimum atomic E-state index is 0.268. The van der Waals surface area contributed by atoms with Gasteiger partial charge in [0.15, 0.2) is 0 Å². The highest BCUT2D eigenvalue weighted by Gasteiger charge is 2.53. The lowest BCUT2D eigenvalue weighted by atomic mass is 9.52. The Bertz CT molecular complexity index is 815. The molecule has 136 valence electrons. The van der Waals surface area contributed by atoms with Gasteiger partial charge in [-0.2, -0.15) is 0 Å². The monoisotopic (exact) mass is 349 g/mol. The van der Waals surface area contributed by atoms with Gasteiger partial charge in [-0.1, -0.05) is 18.9 Å². The Kier molecular flexibility index (Phi) is 3.75. The standard InChI is InChI=1S/C23H27NO2/c1-24-13-12-23-11-3-2-4-20(23)22(24)14-16-5-8-19(15-21(16)23)26-18-9-6-17(25)7-10-18/h5-10,15,20,22,25H,2-4,11-14H2,1H3/t20-,22+,23+/m0/s1. The number of benzene rings is 2. The summed E-state index contributed by atoms with van der Waals surface area (Å²) in [5.74, 6) is 2.76. The molecule has 5 rings (SSSR count). The Labute approximate surface area is 155 Å². The van der Waals surface area contributed by atoms with Crippen molar-refractivity contribution in [3.63, 3.8) is 0 Å². The van der Waals surface area contributed by atoms with E-state index in [-0.39, 0.29) is 5.75 Å². The molecule has 2 aromatic rings. The molecular weight excluding hydrogens is 322 g/mol.